The Morgan fingerprint density at radius 3 is 2.47 bits per heavy atom. The van der Waals surface area contributed by atoms with Crippen LogP contribution in [0, 0.1) is 6.92 Å². The second-order valence-corrected chi connectivity index (χ2v) is 10.00. The number of rotatable bonds is 6. The van der Waals surface area contributed by atoms with Gasteiger partial charge in [0.25, 0.3) is 5.91 Å². The monoisotopic (exact) mass is 557 g/mol. The predicted octanol–water partition coefficient (Wildman–Crippen LogP) is 6.30. The van der Waals surface area contributed by atoms with Crippen molar-refractivity contribution >= 4 is 67.1 Å². The van der Waals surface area contributed by atoms with Crippen LogP contribution >= 0.6 is 39.5 Å². The SMILES string of the molecule is COc1cc2nccc(Oc3ccc(NC(=S)NC(=O)c4ccc(Br)s4)c(C)c3)c2cc1OC. The lowest BCUT2D eigenvalue weighted by molar-refractivity contribution is 0.0981. The van der Waals surface area contributed by atoms with Gasteiger partial charge in [-0.1, -0.05) is 0 Å². The zero-order valence-corrected chi connectivity index (χ0v) is 21.7. The molecule has 2 N–H and O–H groups in total. The molecule has 34 heavy (non-hydrogen) atoms. The molecule has 4 rings (SSSR count). The molecule has 0 spiro atoms. The molecule has 0 aliphatic carbocycles. The summed E-state index contributed by atoms with van der Waals surface area (Å²) in [5.74, 6) is 2.21. The number of nitrogens with zero attached hydrogens (tertiary/aromatic N) is 1. The summed E-state index contributed by atoms with van der Waals surface area (Å²) in [4.78, 5) is 17.3. The van der Waals surface area contributed by atoms with Crippen LogP contribution < -0.4 is 24.8 Å². The summed E-state index contributed by atoms with van der Waals surface area (Å²) in [6.07, 6.45) is 1.68. The summed E-state index contributed by atoms with van der Waals surface area (Å²) in [5.41, 5.74) is 2.38. The average molecular weight is 558 g/mol. The predicted molar refractivity (Wildman–Crippen MR) is 142 cm³/mol. The maximum absolute atomic E-state index is 12.3. The minimum absolute atomic E-state index is 0.215. The van der Waals surface area contributed by atoms with Gasteiger partial charge in [-0.3, -0.25) is 15.1 Å². The van der Waals surface area contributed by atoms with Crippen LogP contribution in [0.4, 0.5) is 5.69 Å². The van der Waals surface area contributed by atoms with Gasteiger partial charge in [0.1, 0.15) is 11.5 Å². The van der Waals surface area contributed by atoms with Gasteiger partial charge >= 0.3 is 0 Å². The maximum atomic E-state index is 12.3. The molecule has 0 bridgehead atoms. The second kappa shape index (κ2) is 10.4. The van der Waals surface area contributed by atoms with Gasteiger partial charge in [-0.2, -0.15) is 0 Å². The quantitative estimate of drug-likeness (QED) is 0.269. The number of aryl methyl sites for hydroxylation is 1. The lowest BCUT2D eigenvalue weighted by Crippen LogP contribution is -2.33. The number of amides is 1. The van der Waals surface area contributed by atoms with E-state index in [-0.39, 0.29) is 11.0 Å². The van der Waals surface area contributed by atoms with Gasteiger partial charge in [-0.05, 0) is 83.1 Å². The van der Waals surface area contributed by atoms with E-state index in [1.165, 1.54) is 11.3 Å². The van der Waals surface area contributed by atoms with Crippen LogP contribution in [0.1, 0.15) is 15.2 Å². The fourth-order valence-electron chi connectivity index (χ4n) is 3.26. The molecule has 0 saturated heterocycles. The van der Waals surface area contributed by atoms with Crippen LogP contribution in [0.25, 0.3) is 10.9 Å². The summed E-state index contributed by atoms with van der Waals surface area (Å²) < 4.78 is 17.8. The first-order chi connectivity index (χ1) is 16.4. The Labute approximate surface area is 214 Å². The van der Waals surface area contributed by atoms with E-state index < -0.39 is 0 Å². The number of anilines is 1. The summed E-state index contributed by atoms with van der Waals surface area (Å²) in [6, 6.07) is 14.5. The van der Waals surface area contributed by atoms with Crippen LogP contribution in [-0.2, 0) is 0 Å². The van der Waals surface area contributed by atoms with Gasteiger partial charge < -0.3 is 19.5 Å². The number of benzene rings is 2. The molecule has 4 aromatic rings. The molecule has 0 fully saturated rings. The highest BCUT2D eigenvalue weighted by atomic mass is 79.9. The van der Waals surface area contributed by atoms with Crippen molar-refractivity contribution < 1.29 is 19.0 Å². The summed E-state index contributed by atoms with van der Waals surface area (Å²) in [7, 11) is 3.17. The van der Waals surface area contributed by atoms with E-state index in [2.05, 4.69) is 31.5 Å². The number of halogens is 1. The lowest BCUT2D eigenvalue weighted by Gasteiger charge is -2.14. The highest BCUT2D eigenvalue weighted by Crippen LogP contribution is 2.37. The number of hydrogen-bond acceptors (Lipinski definition) is 7. The number of pyridine rings is 1. The molecule has 0 atom stereocenters. The van der Waals surface area contributed by atoms with E-state index in [1.807, 2.05) is 43.3 Å². The van der Waals surface area contributed by atoms with Crippen LogP contribution in [-0.4, -0.2) is 30.2 Å². The fourth-order valence-corrected chi connectivity index (χ4v) is 4.74. The Morgan fingerprint density at radius 1 is 1.03 bits per heavy atom. The number of hydrogen-bond donors (Lipinski definition) is 2. The molecular formula is C24H20BrN3O4S2. The van der Waals surface area contributed by atoms with Crippen LogP contribution in [0.3, 0.4) is 0 Å². The number of carbonyl (C=O) groups is 1. The number of nitrogens with one attached hydrogen (secondary N) is 2. The number of thiocarbonyl (C=S) groups is 1. The molecule has 0 unspecified atom stereocenters. The van der Waals surface area contributed by atoms with Crippen molar-refractivity contribution in [2.24, 2.45) is 0 Å². The van der Waals surface area contributed by atoms with Crippen LogP contribution in [0.15, 0.2) is 58.5 Å². The van der Waals surface area contributed by atoms with Crippen molar-refractivity contribution in [1.29, 1.82) is 0 Å². The third-order valence-electron chi connectivity index (χ3n) is 4.90. The van der Waals surface area contributed by atoms with Gasteiger partial charge in [0, 0.05) is 23.3 Å². The molecule has 0 radical (unpaired) electrons. The van der Waals surface area contributed by atoms with E-state index in [0.717, 1.165) is 25.9 Å². The smallest absolute Gasteiger partial charge is 0.267 e. The highest BCUT2D eigenvalue weighted by Gasteiger charge is 2.13. The molecular weight excluding hydrogens is 538 g/mol. The Balaban J connectivity index is 1.50. The molecule has 0 saturated carbocycles. The first-order valence-corrected chi connectivity index (χ1v) is 12.1. The van der Waals surface area contributed by atoms with Crippen molar-refractivity contribution in [3.63, 3.8) is 0 Å². The zero-order chi connectivity index (χ0) is 24.2. The van der Waals surface area contributed by atoms with Gasteiger partial charge in [0.15, 0.2) is 16.6 Å². The molecule has 174 valence electrons. The Kier molecular flexibility index (Phi) is 7.30. The third kappa shape index (κ3) is 5.30. The van der Waals surface area contributed by atoms with E-state index in [0.29, 0.717) is 27.9 Å². The Bertz CT molecular complexity index is 1390. The number of methoxy groups -OCH3 is 2. The van der Waals surface area contributed by atoms with Crippen molar-refractivity contribution in [3.8, 4) is 23.0 Å². The second-order valence-electron chi connectivity index (χ2n) is 7.12. The standard InChI is InChI=1S/C24H20BrN3O4S2/c1-13-10-14(4-5-16(13)27-24(33)28-23(29)21-6-7-22(25)34-21)32-18-8-9-26-17-12-20(31-3)19(30-2)11-15(17)18/h4-12H,1-3H3,(H2,27,28,29,33). The van der Waals surface area contributed by atoms with E-state index in [9.17, 15) is 4.79 Å². The summed E-state index contributed by atoms with van der Waals surface area (Å²) in [5, 5.41) is 6.76. The fraction of sp³-hybridized carbons (Fsp3) is 0.125. The van der Waals surface area contributed by atoms with Crippen molar-refractivity contribution in [2.45, 2.75) is 6.92 Å². The summed E-state index contributed by atoms with van der Waals surface area (Å²) >= 11 is 9.99. The molecule has 0 aliphatic heterocycles. The zero-order valence-electron chi connectivity index (χ0n) is 18.5. The van der Waals surface area contributed by atoms with E-state index in [1.54, 1.807) is 32.5 Å². The number of fused-ring (bicyclic) bond motifs is 1. The van der Waals surface area contributed by atoms with Gasteiger partial charge in [0.05, 0.1) is 28.4 Å². The molecule has 7 nitrogen and oxygen atoms in total. The minimum atomic E-state index is -0.262. The topological polar surface area (TPSA) is 81.7 Å². The van der Waals surface area contributed by atoms with E-state index >= 15 is 0 Å². The first-order valence-electron chi connectivity index (χ1n) is 10.0. The number of thiophene rings is 1. The van der Waals surface area contributed by atoms with Gasteiger partial charge in [-0.15, -0.1) is 11.3 Å². The molecule has 0 aliphatic rings. The first kappa shape index (κ1) is 23.9. The number of aromatic nitrogens is 1. The normalized spacial score (nSPS) is 10.6. The molecule has 2 aromatic carbocycles. The van der Waals surface area contributed by atoms with Crippen molar-refractivity contribution in [2.75, 3.05) is 19.5 Å². The van der Waals surface area contributed by atoms with E-state index in [4.69, 9.17) is 26.4 Å². The maximum Gasteiger partial charge on any atom is 0.267 e. The molecule has 10 heteroatoms. The largest absolute Gasteiger partial charge is 0.493 e. The van der Waals surface area contributed by atoms with Crippen molar-refractivity contribution in [3.05, 3.63) is 69.0 Å². The van der Waals surface area contributed by atoms with Crippen molar-refractivity contribution in [1.82, 2.24) is 10.3 Å². The third-order valence-corrected chi connectivity index (χ3v) is 6.73. The van der Waals surface area contributed by atoms with Gasteiger partial charge in [0.2, 0.25) is 0 Å². The average Bonchev–Trinajstić information content (AvgIpc) is 3.26. The number of carbonyl (C=O) groups excluding carboxylic acids is 1. The van der Waals surface area contributed by atoms with Gasteiger partial charge in [-0.25, -0.2) is 0 Å². The Hall–Kier alpha value is -3.21. The molecule has 2 heterocycles. The lowest BCUT2D eigenvalue weighted by atomic mass is 10.1. The Morgan fingerprint density at radius 2 is 1.79 bits per heavy atom. The number of ether oxygens (including phenoxy) is 3. The summed E-state index contributed by atoms with van der Waals surface area (Å²) in [6.45, 7) is 1.93. The minimum Gasteiger partial charge on any atom is -0.493 e. The van der Waals surface area contributed by atoms with Crippen LogP contribution in [0.5, 0.6) is 23.0 Å². The highest BCUT2D eigenvalue weighted by molar-refractivity contribution is 9.11. The molecule has 1 amide bonds. The molecule has 2 aromatic heterocycles. The van der Waals surface area contributed by atoms with Crippen LogP contribution in [0.2, 0.25) is 0 Å².